The molecule has 0 aliphatic carbocycles. The van der Waals surface area contributed by atoms with Crippen LogP contribution in [0.4, 0.5) is 0 Å². The molecule has 132 valence electrons. The van der Waals surface area contributed by atoms with Crippen molar-refractivity contribution in [1.29, 1.82) is 0 Å². The molecule has 0 saturated carbocycles. The van der Waals surface area contributed by atoms with Crippen LogP contribution in [0, 0.1) is 20.8 Å². The van der Waals surface area contributed by atoms with Crippen LogP contribution in [0.3, 0.4) is 0 Å². The molecule has 0 spiro atoms. The first-order chi connectivity index (χ1) is 11.6. The Bertz CT molecular complexity index is 654. The smallest absolute Gasteiger partial charge is 0.190 e. The second-order valence-corrected chi connectivity index (χ2v) is 6.06. The highest BCUT2D eigenvalue weighted by Crippen LogP contribution is 2.02. The summed E-state index contributed by atoms with van der Waals surface area (Å²) >= 11 is 0. The van der Waals surface area contributed by atoms with Gasteiger partial charge in [0.1, 0.15) is 0 Å². The summed E-state index contributed by atoms with van der Waals surface area (Å²) in [6, 6.07) is 2.11. The molecule has 24 heavy (non-hydrogen) atoms. The maximum Gasteiger partial charge on any atom is 0.190 e. The molecule has 0 aliphatic heterocycles. The average molecular weight is 331 g/mol. The van der Waals surface area contributed by atoms with E-state index in [4.69, 9.17) is 0 Å². The van der Waals surface area contributed by atoms with Gasteiger partial charge >= 0.3 is 0 Å². The van der Waals surface area contributed by atoms with Crippen LogP contribution in [-0.2, 0) is 13.1 Å². The minimum Gasteiger partial charge on any atom is -0.356 e. The van der Waals surface area contributed by atoms with Gasteiger partial charge < -0.3 is 10.6 Å². The molecule has 0 amide bonds. The number of hydrogen-bond acceptors (Lipinski definition) is 3. The molecule has 0 aromatic carbocycles. The molecule has 0 saturated heterocycles. The molecular weight excluding hydrogens is 302 g/mol. The van der Waals surface area contributed by atoms with E-state index >= 15 is 0 Å². The molecular formula is C17H29N7. The van der Waals surface area contributed by atoms with Crippen molar-refractivity contribution < 1.29 is 0 Å². The van der Waals surface area contributed by atoms with Gasteiger partial charge in [-0.05, 0) is 45.2 Å². The molecule has 7 nitrogen and oxygen atoms in total. The van der Waals surface area contributed by atoms with Crippen LogP contribution in [0.25, 0.3) is 0 Å². The zero-order valence-corrected chi connectivity index (χ0v) is 15.2. The van der Waals surface area contributed by atoms with Gasteiger partial charge in [-0.2, -0.15) is 10.2 Å². The first-order valence-electron chi connectivity index (χ1n) is 8.53. The second kappa shape index (κ2) is 9.10. The number of rotatable bonds is 8. The third-order valence-electron chi connectivity index (χ3n) is 3.78. The minimum atomic E-state index is 0.847. The van der Waals surface area contributed by atoms with Crippen molar-refractivity contribution >= 4 is 5.96 Å². The highest BCUT2D eigenvalue weighted by Gasteiger charge is 2.01. The Morgan fingerprint density at radius 2 is 1.83 bits per heavy atom. The molecule has 2 aromatic rings. The summed E-state index contributed by atoms with van der Waals surface area (Å²) in [5.74, 6) is 0.847. The summed E-state index contributed by atoms with van der Waals surface area (Å²) in [4.78, 5) is 4.25. The molecule has 2 aromatic heterocycles. The number of aryl methyl sites for hydroxylation is 5. The van der Waals surface area contributed by atoms with Crippen molar-refractivity contribution in [1.82, 2.24) is 30.2 Å². The van der Waals surface area contributed by atoms with E-state index in [1.807, 2.05) is 17.8 Å². The predicted molar refractivity (Wildman–Crippen MR) is 97.3 cm³/mol. The highest BCUT2D eigenvalue weighted by atomic mass is 15.3. The van der Waals surface area contributed by atoms with Gasteiger partial charge in [0, 0.05) is 45.1 Å². The standard InChI is InChI=1S/C17H29N7/c1-14-12-21-23(13-14)9-5-7-19-17(18-4)20-8-6-10-24-16(3)11-15(2)22-24/h11-13H,5-10H2,1-4H3,(H2,18,19,20). The van der Waals surface area contributed by atoms with E-state index in [1.165, 1.54) is 11.3 Å². The third kappa shape index (κ3) is 5.72. The van der Waals surface area contributed by atoms with Crippen molar-refractivity contribution in [2.24, 2.45) is 4.99 Å². The Morgan fingerprint density at radius 3 is 2.38 bits per heavy atom. The zero-order chi connectivity index (χ0) is 17.4. The number of aromatic nitrogens is 4. The molecule has 2 rings (SSSR count). The van der Waals surface area contributed by atoms with E-state index in [1.54, 1.807) is 7.05 Å². The maximum atomic E-state index is 4.47. The van der Waals surface area contributed by atoms with Crippen LogP contribution in [-0.4, -0.2) is 45.7 Å². The van der Waals surface area contributed by atoms with E-state index in [-0.39, 0.29) is 0 Å². The van der Waals surface area contributed by atoms with Gasteiger partial charge in [-0.3, -0.25) is 14.4 Å². The Morgan fingerprint density at radius 1 is 1.12 bits per heavy atom. The lowest BCUT2D eigenvalue weighted by Crippen LogP contribution is -2.38. The van der Waals surface area contributed by atoms with Gasteiger partial charge in [0.2, 0.25) is 0 Å². The van der Waals surface area contributed by atoms with E-state index in [9.17, 15) is 0 Å². The largest absolute Gasteiger partial charge is 0.356 e. The summed E-state index contributed by atoms with van der Waals surface area (Å²) in [5.41, 5.74) is 3.48. The predicted octanol–water partition coefficient (Wildman–Crippen LogP) is 1.65. The van der Waals surface area contributed by atoms with Gasteiger partial charge in [0.25, 0.3) is 0 Å². The van der Waals surface area contributed by atoms with E-state index in [0.29, 0.717) is 0 Å². The molecule has 0 aliphatic rings. The normalized spacial score (nSPS) is 11.8. The average Bonchev–Trinajstić information content (AvgIpc) is 3.10. The molecule has 0 unspecified atom stereocenters. The maximum absolute atomic E-state index is 4.47. The number of aliphatic imine (C=N–C) groups is 1. The fourth-order valence-corrected chi connectivity index (χ4v) is 2.59. The number of nitrogens with zero attached hydrogens (tertiary/aromatic N) is 5. The van der Waals surface area contributed by atoms with E-state index < -0.39 is 0 Å². The molecule has 0 atom stereocenters. The lowest BCUT2D eigenvalue weighted by Gasteiger charge is -2.12. The lowest BCUT2D eigenvalue weighted by molar-refractivity contribution is 0.550. The first kappa shape index (κ1) is 18.0. The summed E-state index contributed by atoms with van der Waals surface area (Å²) in [5, 5.41) is 15.4. The van der Waals surface area contributed by atoms with Gasteiger partial charge in [-0.25, -0.2) is 0 Å². The molecule has 0 fully saturated rings. The van der Waals surface area contributed by atoms with Crippen molar-refractivity contribution in [3.8, 4) is 0 Å². The zero-order valence-electron chi connectivity index (χ0n) is 15.2. The minimum absolute atomic E-state index is 0.847. The Hall–Kier alpha value is -2.31. The Labute approximate surface area is 144 Å². The highest BCUT2D eigenvalue weighted by molar-refractivity contribution is 5.79. The Kier molecular flexibility index (Phi) is 6.84. The molecule has 0 bridgehead atoms. The summed E-state index contributed by atoms with van der Waals surface area (Å²) < 4.78 is 4.03. The summed E-state index contributed by atoms with van der Waals surface area (Å²) in [6.45, 7) is 9.75. The second-order valence-electron chi connectivity index (χ2n) is 6.06. The number of nitrogens with one attached hydrogen (secondary N) is 2. The fourth-order valence-electron chi connectivity index (χ4n) is 2.59. The van der Waals surface area contributed by atoms with Crippen molar-refractivity contribution in [2.45, 2.75) is 46.7 Å². The van der Waals surface area contributed by atoms with Crippen molar-refractivity contribution in [2.75, 3.05) is 20.1 Å². The van der Waals surface area contributed by atoms with Crippen LogP contribution in [0.1, 0.15) is 29.8 Å². The van der Waals surface area contributed by atoms with Crippen molar-refractivity contribution in [3.05, 3.63) is 35.4 Å². The van der Waals surface area contributed by atoms with Gasteiger partial charge in [-0.15, -0.1) is 0 Å². The van der Waals surface area contributed by atoms with Crippen molar-refractivity contribution in [3.63, 3.8) is 0 Å². The molecule has 2 heterocycles. The first-order valence-corrected chi connectivity index (χ1v) is 8.53. The fraction of sp³-hybridized carbons (Fsp3) is 0.588. The molecule has 7 heteroatoms. The number of guanidine groups is 1. The van der Waals surface area contributed by atoms with Gasteiger partial charge in [0.05, 0.1) is 11.9 Å². The monoisotopic (exact) mass is 331 g/mol. The topological polar surface area (TPSA) is 72.1 Å². The van der Waals surface area contributed by atoms with Crippen LogP contribution in [0.15, 0.2) is 23.5 Å². The lowest BCUT2D eigenvalue weighted by atomic mass is 10.4. The summed E-state index contributed by atoms with van der Waals surface area (Å²) in [7, 11) is 1.80. The van der Waals surface area contributed by atoms with Gasteiger partial charge in [-0.1, -0.05) is 0 Å². The third-order valence-corrected chi connectivity index (χ3v) is 3.78. The van der Waals surface area contributed by atoms with Crippen LogP contribution in [0.5, 0.6) is 0 Å². The van der Waals surface area contributed by atoms with Crippen LogP contribution in [0.2, 0.25) is 0 Å². The number of hydrogen-bond donors (Lipinski definition) is 2. The molecule has 0 radical (unpaired) electrons. The van der Waals surface area contributed by atoms with Crippen LogP contribution >= 0.6 is 0 Å². The SMILES string of the molecule is CN=C(NCCCn1cc(C)cn1)NCCCn1nc(C)cc1C. The van der Waals surface area contributed by atoms with Crippen LogP contribution < -0.4 is 10.6 Å². The van der Waals surface area contributed by atoms with E-state index in [2.05, 4.69) is 56.6 Å². The summed E-state index contributed by atoms with van der Waals surface area (Å²) in [6.07, 6.45) is 5.96. The molecule has 2 N–H and O–H groups in total. The Balaban J connectivity index is 1.59. The van der Waals surface area contributed by atoms with Gasteiger partial charge in [0.15, 0.2) is 5.96 Å². The van der Waals surface area contributed by atoms with E-state index in [0.717, 1.165) is 50.7 Å². The quantitative estimate of drug-likeness (QED) is 0.438.